The second kappa shape index (κ2) is 7.26. The van der Waals surface area contributed by atoms with Crippen LogP contribution >= 0.6 is 15.9 Å². The van der Waals surface area contributed by atoms with Crippen molar-refractivity contribution in [2.24, 2.45) is 0 Å². The summed E-state index contributed by atoms with van der Waals surface area (Å²) in [5.41, 5.74) is 0.673. The lowest BCUT2D eigenvalue weighted by Crippen LogP contribution is -2.31. The van der Waals surface area contributed by atoms with Gasteiger partial charge in [-0.25, -0.2) is 13.6 Å². The third-order valence-electron chi connectivity index (χ3n) is 3.66. The van der Waals surface area contributed by atoms with Crippen LogP contribution in [0.5, 0.6) is 11.5 Å². The zero-order chi connectivity index (χ0) is 18.0. The molecule has 1 aliphatic heterocycles. The van der Waals surface area contributed by atoms with Crippen LogP contribution in [0.2, 0.25) is 0 Å². The van der Waals surface area contributed by atoms with Crippen molar-refractivity contribution in [1.29, 1.82) is 0 Å². The normalized spacial score (nSPS) is 13.9. The monoisotopic (exact) mass is 412 g/mol. The number of urea groups is 1. The van der Waals surface area contributed by atoms with Gasteiger partial charge < -0.3 is 20.1 Å². The molecular formula is C17H15BrF2N2O3. The third kappa shape index (κ3) is 4.01. The first-order valence-electron chi connectivity index (χ1n) is 7.55. The van der Waals surface area contributed by atoms with E-state index in [1.807, 2.05) is 0 Å². The minimum Gasteiger partial charge on any atom is -0.486 e. The molecule has 0 aliphatic carbocycles. The lowest BCUT2D eigenvalue weighted by atomic mass is 10.1. The average molecular weight is 413 g/mol. The number of fused-ring (bicyclic) bond motifs is 1. The number of carbonyl (C=O) groups excluding carboxylic acids is 1. The zero-order valence-electron chi connectivity index (χ0n) is 13.2. The third-order valence-corrected chi connectivity index (χ3v) is 4.31. The summed E-state index contributed by atoms with van der Waals surface area (Å²) in [5.74, 6) is -0.264. The first-order chi connectivity index (χ1) is 11.9. The van der Waals surface area contributed by atoms with Crippen LogP contribution in [0.3, 0.4) is 0 Å². The van der Waals surface area contributed by atoms with Crippen LogP contribution in [-0.2, 0) is 0 Å². The Hall–Kier alpha value is -2.35. The molecule has 0 bridgehead atoms. The van der Waals surface area contributed by atoms with E-state index in [-0.39, 0.29) is 5.56 Å². The second-order valence-corrected chi connectivity index (χ2v) is 6.32. The number of halogens is 3. The Bertz CT molecular complexity index is 817. The van der Waals surface area contributed by atoms with Crippen molar-refractivity contribution in [1.82, 2.24) is 5.32 Å². The van der Waals surface area contributed by atoms with Crippen molar-refractivity contribution in [3.05, 3.63) is 52.0 Å². The predicted octanol–water partition coefficient (Wildman–Crippen LogP) is 4.38. The Morgan fingerprint density at radius 1 is 1.16 bits per heavy atom. The molecule has 0 saturated heterocycles. The van der Waals surface area contributed by atoms with Gasteiger partial charge in [-0.05, 0) is 28.9 Å². The SMILES string of the molecule is CC(NC(=O)Nc1cc2c(cc1Br)OCCO2)c1ccc(F)cc1F. The summed E-state index contributed by atoms with van der Waals surface area (Å²) >= 11 is 3.35. The molecule has 0 spiro atoms. The molecule has 1 aliphatic rings. The van der Waals surface area contributed by atoms with E-state index in [2.05, 4.69) is 26.6 Å². The van der Waals surface area contributed by atoms with Gasteiger partial charge in [-0.2, -0.15) is 0 Å². The molecule has 1 unspecified atom stereocenters. The lowest BCUT2D eigenvalue weighted by molar-refractivity contribution is 0.171. The van der Waals surface area contributed by atoms with Crippen molar-refractivity contribution in [3.63, 3.8) is 0 Å². The highest BCUT2D eigenvalue weighted by molar-refractivity contribution is 9.10. The Kier molecular flexibility index (Phi) is 5.08. The topological polar surface area (TPSA) is 59.6 Å². The number of nitrogens with one attached hydrogen (secondary N) is 2. The number of benzene rings is 2. The molecule has 2 aromatic rings. The maximum atomic E-state index is 13.8. The Balaban J connectivity index is 1.70. The fourth-order valence-electron chi connectivity index (χ4n) is 2.45. The summed E-state index contributed by atoms with van der Waals surface area (Å²) in [6.07, 6.45) is 0. The van der Waals surface area contributed by atoms with Crippen LogP contribution in [0, 0.1) is 11.6 Å². The highest BCUT2D eigenvalue weighted by atomic mass is 79.9. The molecule has 5 nitrogen and oxygen atoms in total. The van der Waals surface area contributed by atoms with Crippen LogP contribution in [-0.4, -0.2) is 19.2 Å². The van der Waals surface area contributed by atoms with E-state index < -0.39 is 23.7 Å². The van der Waals surface area contributed by atoms with Crippen molar-refractivity contribution >= 4 is 27.6 Å². The smallest absolute Gasteiger partial charge is 0.319 e. The number of hydrogen-bond donors (Lipinski definition) is 2. The van der Waals surface area contributed by atoms with Crippen LogP contribution in [0.15, 0.2) is 34.8 Å². The van der Waals surface area contributed by atoms with Gasteiger partial charge in [0.05, 0.1) is 11.7 Å². The van der Waals surface area contributed by atoms with Crippen molar-refractivity contribution in [2.75, 3.05) is 18.5 Å². The summed E-state index contributed by atoms with van der Waals surface area (Å²) < 4.78 is 38.3. The molecule has 0 fully saturated rings. The van der Waals surface area contributed by atoms with E-state index >= 15 is 0 Å². The lowest BCUT2D eigenvalue weighted by Gasteiger charge is -2.21. The maximum absolute atomic E-state index is 13.8. The summed E-state index contributed by atoms with van der Waals surface area (Å²) in [4.78, 5) is 12.2. The summed E-state index contributed by atoms with van der Waals surface area (Å²) in [5, 5.41) is 5.27. The molecule has 1 heterocycles. The molecule has 132 valence electrons. The molecule has 8 heteroatoms. The van der Waals surface area contributed by atoms with Crippen LogP contribution in [0.4, 0.5) is 19.3 Å². The van der Waals surface area contributed by atoms with Crippen molar-refractivity contribution < 1.29 is 23.0 Å². The van der Waals surface area contributed by atoms with E-state index in [4.69, 9.17) is 9.47 Å². The van der Waals surface area contributed by atoms with Crippen LogP contribution in [0.25, 0.3) is 0 Å². The number of rotatable bonds is 3. The fourth-order valence-corrected chi connectivity index (χ4v) is 2.87. The molecule has 0 radical (unpaired) electrons. The highest BCUT2D eigenvalue weighted by Crippen LogP contribution is 2.38. The predicted molar refractivity (Wildman–Crippen MR) is 92.1 cm³/mol. The van der Waals surface area contributed by atoms with E-state index in [0.29, 0.717) is 34.9 Å². The first-order valence-corrected chi connectivity index (χ1v) is 8.35. The molecule has 3 rings (SSSR count). The molecule has 1 atom stereocenters. The summed E-state index contributed by atoms with van der Waals surface area (Å²) in [6.45, 7) is 2.50. The van der Waals surface area contributed by atoms with Gasteiger partial charge in [0, 0.05) is 28.2 Å². The number of amides is 2. The highest BCUT2D eigenvalue weighted by Gasteiger charge is 2.18. The Morgan fingerprint density at radius 2 is 1.84 bits per heavy atom. The number of anilines is 1. The largest absolute Gasteiger partial charge is 0.486 e. The van der Waals surface area contributed by atoms with Gasteiger partial charge in [0.1, 0.15) is 24.8 Å². The molecule has 0 saturated carbocycles. The van der Waals surface area contributed by atoms with E-state index in [1.165, 1.54) is 6.07 Å². The minimum absolute atomic E-state index is 0.192. The number of carbonyl (C=O) groups is 1. The average Bonchev–Trinajstić information content (AvgIpc) is 2.55. The number of ether oxygens (including phenoxy) is 2. The van der Waals surface area contributed by atoms with Gasteiger partial charge in [0.2, 0.25) is 0 Å². The molecule has 25 heavy (non-hydrogen) atoms. The Morgan fingerprint density at radius 3 is 2.52 bits per heavy atom. The van der Waals surface area contributed by atoms with Crippen molar-refractivity contribution in [3.8, 4) is 11.5 Å². The quantitative estimate of drug-likeness (QED) is 0.786. The minimum atomic E-state index is -0.715. The van der Waals surface area contributed by atoms with Gasteiger partial charge in [-0.1, -0.05) is 6.07 Å². The van der Waals surface area contributed by atoms with Crippen molar-refractivity contribution in [2.45, 2.75) is 13.0 Å². The second-order valence-electron chi connectivity index (χ2n) is 5.46. The van der Waals surface area contributed by atoms with Crippen LogP contribution in [0.1, 0.15) is 18.5 Å². The van der Waals surface area contributed by atoms with E-state index in [0.717, 1.165) is 12.1 Å². The van der Waals surface area contributed by atoms with Gasteiger partial charge in [-0.15, -0.1) is 0 Å². The maximum Gasteiger partial charge on any atom is 0.319 e. The molecule has 2 amide bonds. The first kappa shape index (κ1) is 17.5. The van der Waals surface area contributed by atoms with Crippen LogP contribution < -0.4 is 20.1 Å². The molecule has 2 aromatic carbocycles. The van der Waals surface area contributed by atoms with E-state index in [1.54, 1.807) is 19.1 Å². The fraction of sp³-hybridized carbons (Fsp3) is 0.235. The Labute approximate surface area is 151 Å². The molecular weight excluding hydrogens is 398 g/mol. The van der Waals surface area contributed by atoms with E-state index in [9.17, 15) is 13.6 Å². The van der Waals surface area contributed by atoms with Gasteiger partial charge in [0.15, 0.2) is 11.5 Å². The van der Waals surface area contributed by atoms with Gasteiger partial charge in [0.25, 0.3) is 0 Å². The summed E-state index contributed by atoms with van der Waals surface area (Å²) in [6, 6.07) is 5.39. The molecule has 2 N–H and O–H groups in total. The van der Waals surface area contributed by atoms with Gasteiger partial charge >= 0.3 is 6.03 Å². The molecule has 0 aromatic heterocycles. The summed E-state index contributed by atoms with van der Waals surface area (Å²) in [7, 11) is 0. The zero-order valence-corrected chi connectivity index (χ0v) is 14.8. The standard InChI is InChI=1S/C17H15BrF2N2O3/c1-9(11-3-2-10(19)6-13(11)20)21-17(23)22-14-8-16-15(7-12(14)18)24-4-5-25-16/h2-3,6-9H,4-5H2,1H3,(H2,21,22,23). The van der Waals surface area contributed by atoms with Gasteiger partial charge in [-0.3, -0.25) is 0 Å². The number of hydrogen-bond acceptors (Lipinski definition) is 3.